The van der Waals surface area contributed by atoms with E-state index in [0.29, 0.717) is 5.41 Å². The Bertz CT molecular complexity index is 512. The topological polar surface area (TPSA) is 46.3 Å². The van der Waals surface area contributed by atoms with E-state index in [1.807, 2.05) is 4.90 Å². The molecule has 0 bridgehead atoms. The summed E-state index contributed by atoms with van der Waals surface area (Å²) in [5.41, 5.74) is 8.57. The number of hydrogen-bond acceptors (Lipinski definition) is 3. The molecule has 0 unspecified atom stereocenters. The van der Waals surface area contributed by atoms with Crippen LogP contribution in [0.1, 0.15) is 53.9 Å². The molecule has 2 aliphatic rings. The van der Waals surface area contributed by atoms with Gasteiger partial charge in [0.1, 0.15) is 0 Å². The monoisotopic (exact) mass is 278 g/mol. The number of carbonyl (C=O) groups is 1. The van der Waals surface area contributed by atoms with E-state index in [1.165, 1.54) is 10.4 Å². The molecule has 1 aliphatic heterocycles. The Balaban J connectivity index is 1.94. The van der Waals surface area contributed by atoms with Crippen molar-refractivity contribution in [3.05, 3.63) is 16.0 Å². The second-order valence-electron chi connectivity index (χ2n) is 6.58. The highest BCUT2D eigenvalue weighted by Gasteiger charge is 2.33. The van der Waals surface area contributed by atoms with Gasteiger partial charge in [0.2, 0.25) is 0 Å². The van der Waals surface area contributed by atoms with Crippen molar-refractivity contribution >= 4 is 22.2 Å². The first kappa shape index (κ1) is 13.0. The number of hydrogen-bond donors (Lipinski definition) is 1. The molecular formula is C15H22N2OS. The molecule has 3 nitrogen and oxygen atoms in total. The molecule has 2 N–H and O–H groups in total. The van der Waals surface area contributed by atoms with Gasteiger partial charge in [-0.3, -0.25) is 4.79 Å². The van der Waals surface area contributed by atoms with Gasteiger partial charge >= 0.3 is 0 Å². The Hall–Kier alpha value is -1.03. The fourth-order valence-electron chi connectivity index (χ4n) is 3.24. The number of nitrogens with two attached hydrogens (primary N) is 1. The molecule has 3 rings (SSSR count). The lowest BCUT2D eigenvalue weighted by atomic mass is 9.77. The van der Waals surface area contributed by atoms with E-state index in [9.17, 15) is 4.79 Å². The molecule has 1 aromatic heterocycles. The Kier molecular flexibility index (Phi) is 3.08. The van der Waals surface area contributed by atoms with E-state index < -0.39 is 0 Å². The minimum atomic E-state index is 0.173. The summed E-state index contributed by atoms with van der Waals surface area (Å²) in [4.78, 5) is 15.9. The van der Waals surface area contributed by atoms with Gasteiger partial charge in [-0.05, 0) is 43.1 Å². The first-order valence-corrected chi connectivity index (χ1v) is 7.99. The van der Waals surface area contributed by atoms with Crippen molar-refractivity contribution in [3.8, 4) is 0 Å². The number of nitrogen functional groups attached to an aromatic ring is 1. The summed E-state index contributed by atoms with van der Waals surface area (Å²) in [6.07, 6.45) is 5.47. The van der Waals surface area contributed by atoms with Crippen molar-refractivity contribution in [2.75, 3.05) is 18.8 Å². The number of fused-ring (bicyclic) bond motifs is 1. The molecular weight excluding hydrogens is 256 g/mol. The first-order chi connectivity index (χ1) is 8.98. The van der Waals surface area contributed by atoms with Crippen molar-refractivity contribution in [3.63, 3.8) is 0 Å². The Morgan fingerprint density at radius 2 is 2.00 bits per heavy atom. The van der Waals surface area contributed by atoms with E-state index in [4.69, 9.17) is 5.73 Å². The maximum Gasteiger partial charge on any atom is 0.257 e. The molecule has 1 aromatic rings. The molecule has 1 saturated heterocycles. The van der Waals surface area contributed by atoms with Crippen LogP contribution in [-0.4, -0.2) is 23.9 Å². The smallest absolute Gasteiger partial charge is 0.257 e. The molecule has 0 aromatic carbocycles. The lowest BCUT2D eigenvalue weighted by Crippen LogP contribution is -2.29. The SMILES string of the molecule is CC1(C)CCc2c(sc(N)c2C(=O)N2CCCC2)C1. The molecule has 1 amide bonds. The lowest BCUT2D eigenvalue weighted by molar-refractivity contribution is 0.0792. The standard InChI is InChI=1S/C15H22N2OS/c1-15(2)6-5-10-11(9-15)19-13(16)12(10)14(18)17-7-3-4-8-17/h3-9,16H2,1-2H3. The molecule has 4 heteroatoms. The van der Waals surface area contributed by atoms with Gasteiger partial charge in [-0.2, -0.15) is 0 Å². The lowest BCUT2D eigenvalue weighted by Gasteiger charge is -2.29. The highest BCUT2D eigenvalue weighted by molar-refractivity contribution is 7.16. The number of nitrogens with zero attached hydrogens (tertiary/aromatic N) is 1. The molecule has 104 valence electrons. The van der Waals surface area contributed by atoms with Crippen LogP contribution in [0.15, 0.2) is 0 Å². The van der Waals surface area contributed by atoms with Gasteiger partial charge in [-0.25, -0.2) is 0 Å². The van der Waals surface area contributed by atoms with Crippen molar-refractivity contribution in [2.45, 2.75) is 46.0 Å². The van der Waals surface area contributed by atoms with E-state index in [0.717, 1.165) is 55.8 Å². The van der Waals surface area contributed by atoms with Gasteiger partial charge < -0.3 is 10.6 Å². The quantitative estimate of drug-likeness (QED) is 0.858. The number of likely N-dealkylation sites (tertiary alicyclic amines) is 1. The molecule has 1 aliphatic carbocycles. The number of carbonyl (C=O) groups excluding carboxylic acids is 1. The zero-order chi connectivity index (χ0) is 13.6. The van der Waals surface area contributed by atoms with E-state index in [1.54, 1.807) is 11.3 Å². The van der Waals surface area contributed by atoms with E-state index in [2.05, 4.69) is 13.8 Å². The largest absolute Gasteiger partial charge is 0.390 e. The highest BCUT2D eigenvalue weighted by Crippen LogP contribution is 2.43. The summed E-state index contributed by atoms with van der Waals surface area (Å²) < 4.78 is 0. The van der Waals surface area contributed by atoms with Crippen LogP contribution in [0, 0.1) is 5.41 Å². The van der Waals surface area contributed by atoms with Gasteiger partial charge in [0, 0.05) is 18.0 Å². The van der Waals surface area contributed by atoms with Crippen molar-refractivity contribution in [2.24, 2.45) is 5.41 Å². The number of rotatable bonds is 1. The molecule has 1 fully saturated rings. The number of thiophene rings is 1. The summed E-state index contributed by atoms with van der Waals surface area (Å²) in [6, 6.07) is 0. The van der Waals surface area contributed by atoms with Gasteiger partial charge in [0.15, 0.2) is 0 Å². The second-order valence-corrected chi connectivity index (χ2v) is 7.72. The zero-order valence-corrected chi connectivity index (χ0v) is 12.6. The predicted molar refractivity (Wildman–Crippen MR) is 79.7 cm³/mol. The number of anilines is 1. The third-order valence-electron chi connectivity index (χ3n) is 4.42. The average Bonchev–Trinajstić information content (AvgIpc) is 2.93. The summed E-state index contributed by atoms with van der Waals surface area (Å²) in [7, 11) is 0. The van der Waals surface area contributed by atoms with Crippen molar-refractivity contribution in [1.29, 1.82) is 0 Å². The minimum absolute atomic E-state index is 0.173. The van der Waals surface area contributed by atoms with Crippen LogP contribution in [0.3, 0.4) is 0 Å². The maximum atomic E-state index is 12.6. The molecule has 0 atom stereocenters. The van der Waals surface area contributed by atoms with Gasteiger partial charge in [0.25, 0.3) is 5.91 Å². The van der Waals surface area contributed by atoms with Crippen molar-refractivity contribution in [1.82, 2.24) is 4.90 Å². The highest BCUT2D eigenvalue weighted by atomic mass is 32.1. The average molecular weight is 278 g/mol. The Morgan fingerprint density at radius 1 is 1.32 bits per heavy atom. The molecule has 2 heterocycles. The van der Waals surface area contributed by atoms with Crippen LogP contribution in [0.5, 0.6) is 0 Å². The fourth-order valence-corrected chi connectivity index (χ4v) is 4.61. The second kappa shape index (κ2) is 4.51. The minimum Gasteiger partial charge on any atom is -0.390 e. The van der Waals surface area contributed by atoms with Gasteiger partial charge in [-0.1, -0.05) is 13.8 Å². The van der Waals surface area contributed by atoms with Gasteiger partial charge in [-0.15, -0.1) is 11.3 Å². The van der Waals surface area contributed by atoms with Crippen LogP contribution >= 0.6 is 11.3 Å². The molecule has 0 spiro atoms. The van der Waals surface area contributed by atoms with Gasteiger partial charge in [0.05, 0.1) is 10.6 Å². The van der Waals surface area contributed by atoms with Crippen LogP contribution in [0.2, 0.25) is 0 Å². The number of amides is 1. The van der Waals surface area contributed by atoms with E-state index >= 15 is 0 Å². The third-order valence-corrected chi connectivity index (χ3v) is 5.48. The Labute approximate surface area is 118 Å². The van der Waals surface area contributed by atoms with Crippen LogP contribution < -0.4 is 5.73 Å². The summed E-state index contributed by atoms with van der Waals surface area (Å²) in [6.45, 7) is 6.39. The third kappa shape index (κ3) is 2.27. The summed E-state index contributed by atoms with van der Waals surface area (Å²) in [5.74, 6) is 0.173. The Morgan fingerprint density at radius 3 is 2.68 bits per heavy atom. The van der Waals surface area contributed by atoms with Crippen LogP contribution in [0.25, 0.3) is 0 Å². The predicted octanol–water partition coefficient (Wildman–Crippen LogP) is 3.08. The summed E-state index contributed by atoms with van der Waals surface area (Å²) in [5, 5.41) is 0.736. The zero-order valence-electron chi connectivity index (χ0n) is 11.8. The molecule has 0 radical (unpaired) electrons. The molecule has 0 saturated carbocycles. The summed E-state index contributed by atoms with van der Waals surface area (Å²) >= 11 is 1.64. The fraction of sp³-hybridized carbons (Fsp3) is 0.667. The first-order valence-electron chi connectivity index (χ1n) is 7.17. The molecule has 19 heavy (non-hydrogen) atoms. The van der Waals surface area contributed by atoms with Crippen molar-refractivity contribution < 1.29 is 4.79 Å². The maximum absolute atomic E-state index is 12.6. The van der Waals surface area contributed by atoms with Crippen LogP contribution in [-0.2, 0) is 12.8 Å². The normalized spacial score (nSPS) is 21.5. The van der Waals surface area contributed by atoms with E-state index in [-0.39, 0.29) is 5.91 Å². The van der Waals surface area contributed by atoms with Crippen LogP contribution in [0.4, 0.5) is 5.00 Å².